The molecule has 1 aromatic carbocycles. The molecule has 2 N–H and O–H groups in total. The van der Waals surface area contributed by atoms with Gasteiger partial charge in [-0.05, 0) is 49.9 Å². The van der Waals surface area contributed by atoms with E-state index in [-0.39, 0.29) is 12.0 Å². The topological polar surface area (TPSA) is 61.5 Å². The SMILES string of the molecule is CCOC(=O)CCCC(N)c1ccc(OC)cc1C. The average Bonchev–Trinajstić information content (AvgIpc) is 2.38. The van der Waals surface area contributed by atoms with Crippen LogP contribution >= 0.6 is 0 Å². The molecule has 4 heteroatoms. The van der Waals surface area contributed by atoms with E-state index in [0.29, 0.717) is 13.0 Å². The van der Waals surface area contributed by atoms with Gasteiger partial charge in [0, 0.05) is 12.5 Å². The minimum atomic E-state index is -0.152. The zero-order valence-electron chi connectivity index (χ0n) is 11.9. The Morgan fingerprint density at radius 1 is 1.42 bits per heavy atom. The van der Waals surface area contributed by atoms with Gasteiger partial charge in [-0.15, -0.1) is 0 Å². The molecular formula is C15H23NO3. The number of hydrogen-bond donors (Lipinski definition) is 1. The van der Waals surface area contributed by atoms with Crippen LogP contribution in [-0.2, 0) is 9.53 Å². The van der Waals surface area contributed by atoms with Gasteiger partial charge in [0.1, 0.15) is 5.75 Å². The van der Waals surface area contributed by atoms with Crippen LogP contribution in [0.5, 0.6) is 5.75 Å². The Kier molecular flexibility index (Phi) is 6.36. The molecule has 1 rings (SSSR count). The lowest BCUT2D eigenvalue weighted by atomic mass is 9.97. The van der Waals surface area contributed by atoms with E-state index in [4.69, 9.17) is 15.2 Å². The lowest BCUT2D eigenvalue weighted by molar-refractivity contribution is -0.143. The Hall–Kier alpha value is -1.55. The van der Waals surface area contributed by atoms with Gasteiger partial charge in [0.25, 0.3) is 0 Å². The fraction of sp³-hybridized carbons (Fsp3) is 0.533. The third-order valence-corrected chi connectivity index (χ3v) is 3.08. The summed E-state index contributed by atoms with van der Waals surface area (Å²) >= 11 is 0. The minimum Gasteiger partial charge on any atom is -0.497 e. The first-order valence-corrected chi connectivity index (χ1v) is 6.64. The third kappa shape index (κ3) is 4.91. The van der Waals surface area contributed by atoms with Crippen LogP contribution in [0.25, 0.3) is 0 Å². The number of nitrogens with two attached hydrogens (primary N) is 1. The Balaban J connectivity index is 2.49. The van der Waals surface area contributed by atoms with Crippen molar-refractivity contribution in [2.24, 2.45) is 5.73 Å². The van der Waals surface area contributed by atoms with Gasteiger partial charge in [-0.2, -0.15) is 0 Å². The molecule has 0 aliphatic rings. The minimum absolute atomic E-state index is 0.0552. The van der Waals surface area contributed by atoms with Crippen LogP contribution in [0.3, 0.4) is 0 Å². The second kappa shape index (κ2) is 7.79. The van der Waals surface area contributed by atoms with Crippen molar-refractivity contribution in [2.75, 3.05) is 13.7 Å². The Morgan fingerprint density at radius 2 is 2.16 bits per heavy atom. The van der Waals surface area contributed by atoms with Crippen LogP contribution in [0.15, 0.2) is 18.2 Å². The number of hydrogen-bond acceptors (Lipinski definition) is 4. The summed E-state index contributed by atoms with van der Waals surface area (Å²) < 4.78 is 10.1. The summed E-state index contributed by atoms with van der Waals surface area (Å²) in [5, 5.41) is 0. The Labute approximate surface area is 114 Å². The second-order valence-corrected chi connectivity index (χ2v) is 4.53. The maximum atomic E-state index is 11.2. The molecule has 1 unspecified atom stereocenters. The molecule has 0 bridgehead atoms. The van der Waals surface area contributed by atoms with Crippen molar-refractivity contribution >= 4 is 5.97 Å². The zero-order valence-corrected chi connectivity index (χ0v) is 11.9. The van der Waals surface area contributed by atoms with Crippen molar-refractivity contribution in [3.05, 3.63) is 29.3 Å². The lowest BCUT2D eigenvalue weighted by Gasteiger charge is -2.15. The van der Waals surface area contributed by atoms with Crippen molar-refractivity contribution < 1.29 is 14.3 Å². The van der Waals surface area contributed by atoms with Crippen LogP contribution in [0.1, 0.15) is 43.4 Å². The first-order chi connectivity index (χ1) is 9.08. The summed E-state index contributed by atoms with van der Waals surface area (Å²) in [4.78, 5) is 11.2. The van der Waals surface area contributed by atoms with Crippen molar-refractivity contribution in [1.82, 2.24) is 0 Å². The number of ether oxygens (including phenoxy) is 2. The van der Waals surface area contributed by atoms with Crippen molar-refractivity contribution in [1.29, 1.82) is 0 Å². The normalized spacial score (nSPS) is 12.0. The summed E-state index contributed by atoms with van der Waals surface area (Å²) in [5.74, 6) is 0.682. The molecule has 0 radical (unpaired) electrons. The number of methoxy groups -OCH3 is 1. The van der Waals surface area contributed by atoms with Gasteiger partial charge in [0.15, 0.2) is 0 Å². The fourth-order valence-electron chi connectivity index (χ4n) is 2.05. The second-order valence-electron chi connectivity index (χ2n) is 4.53. The molecule has 106 valence electrons. The van der Waals surface area contributed by atoms with Crippen molar-refractivity contribution in [2.45, 2.75) is 39.2 Å². The smallest absolute Gasteiger partial charge is 0.305 e. The highest BCUT2D eigenvalue weighted by Gasteiger charge is 2.11. The standard InChI is InChI=1S/C15H23NO3/c1-4-19-15(17)7-5-6-14(16)13-9-8-12(18-3)10-11(13)2/h8-10,14H,4-7,16H2,1-3H3. The van der Waals surface area contributed by atoms with Gasteiger partial charge < -0.3 is 15.2 Å². The lowest BCUT2D eigenvalue weighted by Crippen LogP contribution is -2.13. The predicted octanol–water partition coefficient (Wildman–Crippen LogP) is 2.74. The molecule has 0 amide bonds. The molecule has 4 nitrogen and oxygen atoms in total. The van der Waals surface area contributed by atoms with Gasteiger partial charge in [-0.1, -0.05) is 6.07 Å². The van der Waals surface area contributed by atoms with Crippen LogP contribution < -0.4 is 10.5 Å². The summed E-state index contributed by atoms with van der Waals surface area (Å²) in [7, 11) is 1.65. The highest BCUT2D eigenvalue weighted by Crippen LogP contribution is 2.24. The molecule has 0 aliphatic heterocycles. The van der Waals surface area contributed by atoms with Crippen LogP contribution in [0, 0.1) is 6.92 Å². The number of carbonyl (C=O) groups is 1. The van der Waals surface area contributed by atoms with Crippen molar-refractivity contribution in [3.8, 4) is 5.75 Å². The molecule has 0 saturated carbocycles. The van der Waals surface area contributed by atoms with E-state index >= 15 is 0 Å². The molecule has 0 heterocycles. The monoisotopic (exact) mass is 265 g/mol. The van der Waals surface area contributed by atoms with E-state index in [2.05, 4.69) is 0 Å². The summed E-state index contributed by atoms with van der Waals surface area (Å²) in [6.45, 7) is 4.26. The van der Waals surface area contributed by atoms with E-state index in [0.717, 1.165) is 29.7 Å². The summed E-state index contributed by atoms with van der Waals surface area (Å²) in [5.41, 5.74) is 8.37. The average molecular weight is 265 g/mol. The number of benzene rings is 1. The third-order valence-electron chi connectivity index (χ3n) is 3.08. The zero-order chi connectivity index (χ0) is 14.3. The molecule has 0 fully saturated rings. The van der Waals surface area contributed by atoms with Crippen LogP contribution in [0.4, 0.5) is 0 Å². The predicted molar refractivity (Wildman–Crippen MR) is 75.1 cm³/mol. The quantitative estimate of drug-likeness (QED) is 0.770. The summed E-state index contributed by atoms with van der Waals surface area (Å²) in [6, 6.07) is 5.82. The number of rotatable bonds is 7. The molecule has 1 aromatic rings. The largest absolute Gasteiger partial charge is 0.497 e. The number of carbonyl (C=O) groups excluding carboxylic acids is 1. The van der Waals surface area contributed by atoms with E-state index in [1.165, 1.54) is 0 Å². The maximum absolute atomic E-state index is 11.2. The highest BCUT2D eigenvalue weighted by molar-refractivity contribution is 5.69. The van der Waals surface area contributed by atoms with E-state index in [1.54, 1.807) is 7.11 Å². The Bertz CT molecular complexity index is 418. The molecular weight excluding hydrogens is 242 g/mol. The summed E-state index contributed by atoms with van der Waals surface area (Å²) in [6.07, 6.45) is 1.94. The maximum Gasteiger partial charge on any atom is 0.305 e. The number of esters is 1. The Morgan fingerprint density at radius 3 is 2.74 bits per heavy atom. The van der Waals surface area contributed by atoms with Gasteiger partial charge in [-0.3, -0.25) is 4.79 Å². The van der Waals surface area contributed by atoms with E-state index < -0.39 is 0 Å². The van der Waals surface area contributed by atoms with Crippen LogP contribution in [-0.4, -0.2) is 19.7 Å². The van der Waals surface area contributed by atoms with E-state index in [9.17, 15) is 4.79 Å². The first kappa shape index (κ1) is 15.5. The first-order valence-electron chi connectivity index (χ1n) is 6.64. The van der Waals surface area contributed by atoms with E-state index in [1.807, 2.05) is 32.0 Å². The van der Waals surface area contributed by atoms with Gasteiger partial charge in [0.05, 0.1) is 13.7 Å². The van der Waals surface area contributed by atoms with Crippen molar-refractivity contribution in [3.63, 3.8) is 0 Å². The van der Waals surface area contributed by atoms with Gasteiger partial charge >= 0.3 is 5.97 Å². The molecule has 1 atom stereocenters. The van der Waals surface area contributed by atoms with Gasteiger partial charge in [-0.25, -0.2) is 0 Å². The van der Waals surface area contributed by atoms with Crippen LogP contribution in [0.2, 0.25) is 0 Å². The molecule has 0 spiro atoms. The highest BCUT2D eigenvalue weighted by atomic mass is 16.5. The van der Waals surface area contributed by atoms with Gasteiger partial charge in [0.2, 0.25) is 0 Å². The molecule has 0 saturated heterocycles. The molecule has 0 aliphatic carbocycles. The molecule has 0 aromatic heterocycles. The molecule has 19 heavy (non-hydrogen) atoms. The fourth-order valence-corrected chi connectivity index (χ4v) is 2.05. The number of aryl methyl sites for hydroxylation is 1.